The number of anilines is 3. The highest BCUT2D eigenvalue weighted by molar-refractivity contribution is 6.32. The highest BCUT2D eigenvalue weighted by Gasteiger charge is 2.25. The minimum absolute atomic E-state index is 0.0606. The molecule has 3 N–H and O–H groups in total. The van der Waals surface area contributed by atoms with E-state index in [4.69, 9.17) is 0 Å². The average Bonchev–Trinajstić information content (AvgIpc) is 3.05. The van der Waals surface area contributed by atoms with Crippen LogP contribution in [0.3, 0.4) is 0 Å². The molecule has 4 rings (SSSR count). The number of hydrogen-bond donors (Lipinski definition) is 3. The van der Waals surface area contributed by atoms with E-state index in [2.05, 4.69) is 46.0 Å². The highest BCUT2D eigenvalue weighted by Crippen LogP contribution is 2.34. The summed E-state index contributed by atoms with van der Waals surface area (Å²) in [7, 11) is 0. The molecule has 2 heterocycles. The van der Waals surface area contributed by atoms with Crippen molar-refractivity contribution in [3.8, 4) is 0 Å². The number of benzene rings is 2. The van der Waals surface area contributed by atoms with E-state index in [-0.39, 0.29) is 5.91 Å². The molecule has 2 aliphatic heterocycles. The van der Waals surface area contributed by atoms with Crippen molar-refractivity contribution in [3.05, 3.63) is 59.3 Å². The van der Waals surface area contributed by atoms with Crippen molar-refractivity contribution in [3.63, 3.8) is 0 Å². The molecule has 0 saturated carbocycles. The number of amides is 1. The third-order valence-electron chi connectivity index (χ3n) is 5.84. The molecule has 0 unspecified atom stereocenters. The van der Waals surface area contributed by atoms with Gasteiger partial charge in [0.05, 0.1) is 5.57 Å². The van der Waals surface area contributed by atoms with Crippen molar-refractivity contribution < 1.29 is 4.79 Å². The summed E-state index contributed by atoms with van der Waals surface area (Å²) >= 11 is 0. The molecule has 2 aromatic rings. The lowest BCUT2D eigenvalue weighted by molar-refractivity contribution is -0.110. The maximum Gasteiger partial charge on any atom is 0.257 e. The molecule has 152 valence electrons. The number of aryl methyl sites for hydroxylation is 2. The molecule has 0 aromatic heterocycles. The molecular weight excluding hydrogens is 360 g/mol. The van der Waals surface area contributed by atoms with Gasteiger partial charge in [-0.1, -0.05) is 18.6 Å². The maximum absolute atomic E-state index is 12.3. The summed E-state index contributed by atoms with van der Waals surface area (Å²) in [6.45, 7) is 8.67. The lowest BCUT2D eigenvalue weighted by atomic mass is 10.0. The molecule has 5 heteroatoms. The first-order valence-corrected chi connectivity index (χ1v) is 10.6. The van der Waals surface area contributed by atoms with Gasteiger partial charge in [-0.05, 0) is 75.2 Å². The Kier molecular flexibility index (Phi) is 5.86. The standard InChI is InChI=1S/C24H30N4O/c1-17-7-6-8-22-23(17)20(24(29)27-22)16-26-19-9-10-21(18(2)15-19)25-11-14-28-12-4-3-5-13-28/h6-10,15-16,25-26H,3-5,11-14H2,1-2H3,(H,27,29)/b20-16+. The first kappa shape index (κ1) is 19.5. The van der Waals surface area contributed by atoms with Crippen LogP contribution in [0.25, 0.3) is 5.57 Å². The minimum atomic E-state index is -0.0606. The molecular formula is C24H30N4O. The van der Waals surface area contributed by atoms with Crippen LogP contribution in [0.4, 0.5) is 17.1 Å². The van der Waals surface area contributed by atoms with E-state index in [0.717, 1.165) is 35.6 Å². The second-order valence-electron chi connectivity index (χ2n) is 8.01. The smallest absolute Gasteiger partial charge is 0.257 e. The molecule has 29 heavy (non-hydrogen) atoms. The van der Waals surface area contributed by atoms with Crippen molar-refractivity contribution in [1.82, 2.24) is 4.90 Å². The van der Waals surface area contributed by atoms with Crippen LogP contribution in [0.1, 0.15) is 36.0 Å². The van der Waals surface area contributed by atoms with Crippen LogP contribution in [-0.4, -0.2) is 37.0 Å². The monoisotopic (exact) mass is 390 g/mol. The molecule has 0 bridgehead atoms. The molecule has 0 aliphatic carbocycles. The van der Waals surface area contributed by atoms with Crippen LogP contribution in [0, 0.1) is 13.8 Å². The van der Waals surface area contributed by atoms with Crippen molar-refractivity contribution in [2.75, 3.05) is 42.1 Å². The topological polar surface area (TPSA) is 56.4 Å². The van der Waals surface area contributed by atoms with Gasteiger partial charge in [0.1, 0.15) is 0 Å². The Balaban J connectivity index is 1.39. The van der Waals surface area contributed by atoms with E-state index in [1.54, 1.807) is 0 Å². The summed E-state index contributed by atoms with van der Waals surface area (Å²) in [6, 6.07) is 12.2. The van der Waals surface area contributed by atoms with E-state index >= 15 is 0 Å². The van der Waals surface area contributed by atoms with Gasteiger partial charge < -0.3 is 20.9 Å². The zero-order chi connectivity index (χ0) is 20.2. The average molecular weight is 391 g/mol. The number of fused-ring (bicyclic) bond motifs is 1. The largest absolute Gasteiger partial charge is 0.384 e. The Labute approximate surface area is 173 Å². The van der Waals surface area contributed by atoms with Crippen LogP contribution in [-0.2, 0) is 4.79 Å². The number of nitrogens with zero attached hydrogens (tertiary/aromatic N) is 1. The summed E-state index contributed by atoms with van der Waals surface area (Å²) in [4.78, 5) is 14.9. The van der Waals surface area contributed by atoms with Gasteiger partial charge in [-0.2, -0.15) is 0 Å². The first-order valence-electron chi connectivity index (χ1n) is 10.6. The molecule has 0 radical (unpaired) electrons. The van der Waals surface area contributed by atoms with Gasteiger partial charge in [-0.3, -0.25) is 4.79 Å². The number of carbonyl (C=O) groups is 1. The lowest BCUT2D eigenvalue weighted by Crippen LogP contribution is -2.33. The molecule has 0 atom stereocenters. The summed E-state index contributed by atoms with van der Waals surface area (Å²) in [5.74, 6) is -0.0606. The number of carbonyl (C=O) groups excluding carboxylic acids is 1. The number of hydrogen-bond acceptors (Lipinski definition) is 4. The van der Waals surface area contributed by atoms with Crippen molar-refractivity contribution >= 4 is 28.5 Å². The molecule has 0 spiro atoms. The normalized spacial score (nSPS) is 17.9. The first-order chi connectivity index (χ1) is 14.1. The fourth-order valence-electron chi connectivity index (χ4n) is 4.21. The number of likely N-dealkylation sites (tertiary alicyclic amines) is 1. The Morgan fingerprint density at radius 2 is 1.90 bits per heavy atom. The zero-order valence-corrected chi connectivity index (χ0v) is 17.3. The van der Waals surface area contributed by atoms with Crippen LogP contribution in [0.2, 0.25) is 0 Å². The lowest BCUT2D eigenvalue weighted by Gasteiger charge is -2.26. The molecule has 5 nitrogen and oxygen atoms in total. The number of nitrogens with one attached hydrogen (secondary N) is 3. The Morgan fingerprint density at radius 1 is 1.07 bits per heavy atom. The Bertz CT molecular complexity index is 928. The van der Waals surface area contributed by atoms with Gasteiger partial charge in [-0.15, -0.1) is 0 Å². The van der Waals surface area contributed by atoms with Crippen molar-refractivity contribution in [2.24, 2.45) is 0 Å². The van der Waals surface area contributed by atoms with Gasteiger partial charge >= 0.3 is 0 Å². The maximum atomic E-state index is 12.3. The molecule has 2 aromatic carbocycles. The van der Waals surface area contributed by atoms with Gasteiger partial charge in [0.15, 0.2) is 0 Å². The van der Waals surface area contributed by atoms with E-state index in [9.17, 15) is 4.79 Å². The molecule has 2 aliphatic rings. The second kappa shape index (κ2) is 8.70. The van der Waals surface area contributed by atoms with Gasteiger partial charge in [0.25, 0.3) is 5.91 Å². The predicted molar refractivity (Wildman–Crippen MR) is 121 cm³/mol. The van der Waals surface area contributed by atoms with Crippen LogP contribution in [0.5, 0.6) is 0 Å². The minimum Gasteiger partial charge on any atom is -0.384 e. The molecule has 1 fully saturated rings. The van der Waals surface area contributed by atoms with Gasteiger partial charge in [0, 0.05) is 41.9 Å². The van der Waals surface area contributed by atoms with Crippen molar-refractivity contribution in [2.45, 2.75) is 33.1 Å². The summed E-state index contributed by atoms with van der Waals surface area (Å²) in [5.41, 5.74) is 6.98. The van der Waals surface area contributed by atoms with Gasteiger partial charge in [0.2, 0.25) is 0 Å². The third kappa shape index (κ3) is 4.46. The second-order valence-corrected chi connectivity index (χ2v) is 8.01. The number of piperidine rings is 1. The van der Waals surface area contributed by atoms with E-state index in [1.807, 2.05) is 31.3 Å². The van der Waals surface area contributed by atoms with Crippen LogP contribution >= 0.6 is 0 Å². The van der Waals surface area contributed by atoms with Crippen LogP contribution in [0.15, 0.2) is 42.6 Å². The Morgan fingerprint density at radius 3 is 2.69 bits per heavy atom. The quantitative estimate of drug-likeness (QED) is 0.631. The zero-order valence-electron chi connectivity index (χ0n) is 17.3. The fourth-order valence-corrected chi connectivity index (χ4v) is 4.21. The molecule has 1 saturated heterocycles. The van der Waals surface area contributed by atoms with Crippen LogP contribution < -0.4 is 16.0 Å². The highest BCUT2D eigenvalue weighted by atomic mass is 16.2. The predicted octanol–water partition coefficient (Wildman–Crippen LogP) is 4.61. The summed E-state index contributed by atoms with van der Waals surface area (Å²) in [5, 5.41) is 9.80. The third-order valence-corrected chi connectivity index (χ3v) is 5.84. The fraction of sp³-hybridized carbons (Fsp3) is 0.375. The van der Waals surface area contributed by atoms with Crippen molar-refractivity contribution in [1.29, 1.82) is 0 Å². The van der Waals surface area contributed by atoms with E-state index in [1.165, 1.54) is 43.6 Å². The van der Waals surface area contributed by atoms with E-state index in [0.29, 0.717) is 5.57 Å². The SMILES string of the molecule is Cc1cc(N/C=C2/C(=O)Nc3cccc(C)c32)ccc1NCCN1CCCCC1. The number of rotatable bonds is 6. The summed E-state index contributed by atoms with van der Waals surface area (Å²) < 4.78 is 0. The summed E-state index contributed by atoms with van der Waals surface area (Å²) in [6.07, 6.45) is 5.85. The Hall–Kier alpha value is -2.79. The molecule has 1 amide bonds. The van der Waals surface area contributed by atoms with Gasteiger partial charge in [-0.25, -0.2) is 0 Å². The van der Waals surface area contributed by atoms with E-state index < -0.39 is 0 Å².